The number of nitrogens with zero attached hydrogens (tertiary/aromatic N) is 2. The van der Waals surface area contributed by atoms with Crippen molar-refractivity contribution in [2.24, 2.45) is 0 Å². The highest BCUT2D eigenvalue weighted by atomic mass is 16.5. The second kappa shape index (κ2) is 7.93. The number of nitrogens with two attached hydrogens (primary N) is 1. The molecule has 1 aliphatic carbocycles. The van der Waals surface area contributed by atoms with Crippen LogP contribution in [-0.4, -0.2) is 35.1 Å². The molecule has 2 heterocycles. The van der Waals surface area contributed by atoms with Gasteiger partial charge in [0.15, 0.2) is 17.7 Å². The van der Waals surface area contributed by atoms with Crippen molar-refractivity contribution in [1.82, 2.24) is 4.98 Å². The van der Waals surface area contributed by atoms with E-state index >= 15 is 0 Å². The Morgan fingerprint density at radius 1 is 1.35 bits per heavy atom. The van der Waals surface area contributed by atoms with E-state index in [0.29, 0.717) is 24.4 Å². The van der Waals surface area contributed by atoms with E-state index in [9.17, 15) is 9.59 Å². The van der Waals surface area contributed by atoms with E-state index in [1.54, 1.807) is 12.1 Å². The van der Waals surface area contributed by atoms with Crippen LogP contribution in [0.15, 0.2) is 12.1 Å². The number of hydrogen-bond donors (Lipinski definition) is 1. The summed E-state index contributed by atoms with van der Waals surface area (Å²) in [4.78, 5) is 31.5. The van der Waals surface area contributed by atoms with E-state index in [4.69, 9.17) is 15.2 Å². The molecule has 1 aliphatic heterocycles. The second-order valence-electron chi connectivity index (χ2n) is 6.90. The summed E-state index contributed by atoms with van der Waals surface area (Å²) in [6.07, 6.45) is 5.35. The molecule has 2 N–H and O–H groups in total. The minimum Gasteiger partial charge on any atom is -0.477 e. The molecule has 7 nitrogen and oxygen atoms in total. The fourth-order valence-corrected chi connectivity index (χ4v) is 3.62. The van der Waals surface area contributed by atoms with Crippen molar-refractivity contribution in [2.45, 2.75) is 77.0 Å². The zero-order valence-electron chi connectivity index (χ0n) is 15.4. The largest absolute Gasteiger partial charge is 0.477 e. The van der Waals surface area contributed by atoms with E-state index in [-0.39, 0.29) is 23.8 Å². The maximum Gasteiger partial charge on any atom is 0.329 e. The third-order valence-corrected chi connectivity index (χ3v) is 5.05. The van der Waals surface area contributed by atoms with Crippen LogP contribution in [0.25, 0.3) is 0 Å². The number of amides is 1. The molecule has 2 unspecified atom stereocenters. The maximum atomic E-state index is 12.9. The number of fused-ring (bicyclic) bond motifs is 1. The number of rotatable bonds is 5. The summed E-state index contributed by atoms with van der Waals surface area (Å²) in [6, 6.07) is 2.59. The standard InChI is InChI=1S/C19H27N3O4/c1-3-13(19(24)25-12-8-6-5-7-9-12)22-17-15(10-11-16(20)21-17)26-14(4-2)18(22)23/h10-14H,3-9H2,1-2H3,(H2,20,21). The van der Waals surface area contributed by atoms with Crippen molar-refractivity contribution < 1.29 is 19.1 Å². The summed E-state index contributed by atoms with van der Waals surface area (Å²) in [6.45, 7) is 3.74. The Morgan fingerprint density at radius 3 is 2.73 bits per heavy atom. The van der Waals surface area contributed by atoms with Crippen LogP contribution < -0.4 is 15.4 Å². The van der Waals surface area contributed by atoms with Gasteiger partial charge < -0.3 is 15.2 Å². The Kier molecular flexibility index (Phi) is 5.64. The lowest BCUT2D eigenvalue weighted by molar-refractivity contribution is -0.153. The Bertz CT molecular complexity index is 673. The Hall–Kier alpha value is -2.31. The molecule has 7 heteroatoms. The molecular formula is C19H27N3O4. The zero-order valence-corrected chi connectivity index (χ0v) is 15.4. The minimum atomic E-state index is -0.726. The van der Waals surface area contributed by atoms with Crippen LogP contribution in [0.5, 0.6) is 5.75 Å². The number of ether oxygens (including phenoxy) is 2. The number of nitrogen functional groups attached to an aromatic ring is 1. The van der Waals surface area contributed by atoms with Gasteiger partial charge in [-0.2, -0.15) is 0 Å². The van der Waals surface area contributed by atoms with E-state index in [1.165, 1.54) is 11.3 Å². The third-order valence-electron chi connectivity index (χ3n) is 5.05. The molecule has 0 saturated heterocycles. The summed E-state index contributed by atoms with van der Waals surface area (Å²) in [7, 11) is 0. The lowest BCUT2D eigenvalue weighted by Gasteiger charge is -2.37. The van der Waals surface area contributed by atoms with Gasteiger partial charge in [0.1, 0.15) is 18.0 Å². The molecule has 142 valence electrons. The molecule has 0 bridgehead atoms. The highest BCUT2D eigenvalue weighted by Crippen LogP contribution is 2.36. The highest BCUT2D eigenvalue weighted by Gasteiger charge is 2.42. The molecule has 1 fully saturated rings. The molecule has 1 amide bonds. The maximum absolute atomic E-state index is 12.9. The van der Waals surface area contributed by atoms with Gasteiger partial charge in [0.25, 0.3) is 5.91 Å². The molecule has 1 saturated carbocycles. The SMILES string of the molecule is CCC1Oc2ccc(N)nc2N(C(CC)C(=O)OC2CCCCC2)C1=O. The second-order valence-corrected chi connectivity index (χ2v) is 6.90. The number of anilines is 2. The van der Waals surface area contributed by atoms with Gasteiger partial charge in [-0.1, -0.05) is 20.3 Å². The average molecular weight is 361 g/mol. The molecule has 0 aromatic carbocycles. The molecule has 3 rings (SSSR count). The lowest BCUT2D eigenvalue weighted by atomic mass is 9.97. The summed E-state index contributed by atoms with van der Waals surface area (Å²) < 4.78 is 11.5. The van der Waals surface area contributed by atoms with Gasteiger partial charge in [-0.05, 0) is 50.7 Å². The fourth-order valence-electron chi connectivity index (χ4n) is 3.62. The van der Waals surface area contributed by atoms with Gasteiger partial charge in [-0.25, -0.2) is 9.78 Å². The summed E-state index contributed by atoms with van der Waals surface area (Å²) >= 11 is 0. The third kappa shape index (κ3) is 3.61. The van der Waals surface area contributed by atoms with Crippen molar-refractivity contribution in [3.63, 3.8) is 0 Å². The number of carbonyl (C=O) groups excluding carboxylic acids is 2. The van der Waals surface area contributed by atoms with Crippen LogP contribution in [-0.2, 0) is 14.3 Å². The Morgan fingerprint density at radius 2 is 2.08 bits per heavy atom. The summed E-state index contributed by atoms with van der Waals surface area (Å²) in [5.41, 5.74) is 5.80. The van der Waals surface area contributed by atoms with Crippen molar-refractivity contribution >= 4 is 23.5 Å². The Labute approximate surface area is 153 Å². The quantitative estimate of drug-likeness (QED) is 0.810. The molecule has 0 spiro atoms. The van der Waals surface area contributed by atoms with Gasteiger partial charge in [0.05, 0.1) is 0 Å². The fraction of sp³-hybridized carbons (Fsp3) is 0.632. The van der Waals surface area contributed by atoms with Crippen molar-refractivity contribution in [3.05, 3.63) is 12.1 Å². The van der Waals surface area contributed by atoms with Crippen molar-refractivity contribution in [3.8, 4) is 5.75 Å². The van der Waals surface area contributed by atoms with E-state index in [2.05, 4.69) is 4.98 Å². The van der Waals surface area contributed by atoms with Crippen molar-refractivity contribution in [2.75, 3.05) is 10.6 Å². The van der Waals surface area contributed by atoms with E-state index < -0.39 is 12.1 Å². The first-order chi connectivity index (χ1) is 12.5. The van der Waals surface area contributed by atoms with Crippen LogP contribution in [0.3, 0.4) is 0 Å². The first kappa shape index (κ1) is 18.5. The topological polar surface area (TPSA) is 94.8 Å². The van der Waals surface area contributed by atoms with E-state index in [1.807, 2.05) is 13.8 Å². The van der Waals surface area contributed by atoms with Crippen LogP contribution >= 0.6 is 0 Å². The van der Waals surface area contributed by atoms with Crippen LogP contribution in [0.4, 0.5) is 11.6 Å². The molecule has 2 atom stereocenters. The molecule has 1 aromatic heterocycles. The molecule has 2 aliphatic rings. The van der Waals surface area contributed by atoms with Gasteiger partial charge in [0.2, 0.25) is 0 Å². The highest BCUT2D eigenvalue weighted by molar-refractivity contribution is 6.03. The number of carbonyl (C=O) groups is 2. The first-order valence-electron chi connectivity index (χ1n) is 9.51. The number of hydrogen-bond acceptors (Lipinski definition) is 6. The minimum absolute atomic E-state index is 0.0586. The molecule has 0 radical (unpaired) electrons. The summed E-state index contributed by atoms with van der Waals surface area (Å²) in [5.74, 6) is 0.391. The molecular weight excluding hydrogens is 334 g/mol. The van der Waals surface area contributed by atoms with Gasteiger partial charge in [0, 0.05) is 0 Å². The average Bonchev–Trinajstić information content (AvgIpc) is 2.64. The monoisotopic (exact) mass is 361 g/mol. The first-order valence-corrected chi connectivity index (χ1v) is 9.51. The van der Waals surface area contributed by atoms with E-state index in [0.717, 1.165) is 25.7 Å². The summed E-state index contributed by atoms with van der Waals surface area (Å²) in [5, 5.41) is 0. The predicted octanol–water partition coefficient (Wildman–Crippen LogP) is 2.82. The molecule has 26 heavy (non-hydrogen) atoms. The number of esters is 1. The predicted molar refractivity (Wildman–Crippen MR) is 97.9 cm³/mol. The molecule has 1 aromatic rings. The normalized spacial score (nSPS) is 21.7. The number of pyridine rings is 1. The van der Waals surface area contributed by atoms with Gasteiger partial charge in [-0.3, -0.25) is 9.69 Å². The lowest BCUT2D eigenvalue weighted by Crippen LogP contribution is -2.54. The number of aromatic nitrogens is 1. The Balaban J connectivity index is 1.88. The van der Waals surface area contributed by atoms with Crippen LogP contribution in [0.1, 0.15) is 58.8 Å². The van der Waals surface area contributed by atoms with Gasteiger partial charge >= 0.3 is 5.97 Å². The smallest absolute Gasteiger partial charge is 0.329 e. The zero-order chi connectivity index (χ0) is 18.7. The van der Waals surface area contributed by atoms with Crippen LogP contribution in [0, 0.1) is 0 Å². The van der Waals surface area contributed by atoms with Crippen LogP contribution in [0.2, 0.25) is 0 Å². The van der Waals surface area contributed by atoms with Crippen molar-refractivity contribution in [1.29, 1.82) is 0 Å². The van der Waals surface area contributed by atoms with Gasteiger partial charge in [-0.15, -0.1) is 0 Å².